The van der Waals surface area contributed by atoms with E-state index in [9.17, 15) is 4.79 Å². The number of carbonyl (C=O) groups excluding carboxylic acids is 1. The van der Waals surface area contributed by atoms with Gasteiger partial charge in [-0.25, -0.2) is 4.79 Å². The fraction of sp³-hybridized carbons (Fsp3) is 0.682. The predicted octanol–water partition coefficient (Wildman–Crippen LogP) is 3.13. The summed E-state index contributed by atoms with van der Waals surface area (Å²) in [6.45, 7) is 11.4. The first-order valence-electron chi connectivity index (χ1n) is 10.6. The minimum absolute atomic E-state index is 0.135. The summed E-state index contributed by atoms with van der Waals surface area (Å²) in [6, 6.07) is 10.1. The van der Waals surface area contributed by atoms with Crippen molar-refractivity contribution in [2.75, 3.05) is 26.2 Å². The van der Waals surface area contributed by atoms with Crippen LogP contribution in [0.4, 0.5) is 4.79 Å². The van der Waals surface area contributed by atoms with Crippen LogP contribution >= 0.6 is 0 Å². The molecule has 27 heavy (non-hydrogen) atoms. The SMILES string of the molecule is Cc1ccccc1CN1CCC(NC(=O)N2CCC(NC(C)C)CC2)CC1. The van der Waals surface area contributed by atoms with Crippen LogP contribution in [-0.4, -0.2) is 60.1 Å². The van der Waals surface area contributed by atoms with E-state index >= 15 is 0 Å². The molecule has 0 bridgehead atoms. The summed E-state index contributed by atoms with van der Waals surface area (Å²) in [5.74, 6) is 0. The number of amides is 2. The lowest BCUT2D eigenvalue weighted by molar-refractivity contribution is 0.156. The van der Waals surface area contributed by atoms with Crippen LogP contribution in [0.3, 0.4) is 0 Å². The predicted molar refractivity (Wildman–Crippen MR) is 111 cm³/mol. The molecule has 2 saturated heterocycles. The lowest BCUT2D eigenvalue weighted by Gasteiger charge is -2.36. The average molecular weight is 373 g/mol. The van der Waals surface area contributed by atoms with Crippen LogP contribution in [0.1, 0.15) is 50.7 Å². The van der Waals surface area contributed by atoms with E-state index in [0.717, 1.165) is 58.4 Å². The number of rotatable bonds is 5. The average Bonchev–Trinajstić information content (AvgIpc) is 2.65. The normalized spacial score (nSPS) is 20.2. The summed E-state index contributed by atoms with van der Waals surface area (Å²) in [5, 5.41) is 6.87. The minimum Gasteiger partial charge on any atom is -0.335 e. The zero-order valence-electron chi connectivity index (χ0n) is 17.2. The first-order chi connectivity index (χ1) is 13.0. The number of likely N-dealkylation sites (tertiary alicyclic amines) is 2. The summed E-state index contributed by atoms with van der Waals surface area (Å²) in [4.78, 5) is 17.1. The number of benzene rings is 1. The van der Waals surface area contributed by atoms with Crippen LogP contribution < -0.4 is 10.6 Å². The van der Waals surface area contributed by atoms with Crippen molar-refractivity contribution in [3.63, 3.8) is 0 Å². The molecule has 2 aliphatic rings. The van der Waals surface area contributed by atoms with Crippen LogP contribution in [0.2, 0.25) is 0 Å². The number of aryl methyl sites for hydroxylation is 1. The molecule has 5 nitrogen and oxygen atoms in total. The molecule has 1 aromatic carbocycles. The Morgan fingerprint density at radius 2 is 1.67 bits per heavy atom. The number of hydrogen-bond acceptors (Lipinski definition) is 3. The van der Waals surface area contributed by atoms with Gasteiger partial charge in [-0.2, -0.15) is 0 Å². The van der Waals surface area contributed by atoms with Crippen molar-refractivity contribution >= 4 is 6.03 Å². The molecule has 5 heteroatoms. The monoisotopic (exact) mass is 372 g/mol. The Morgan fingerprint density at radius 1 is 1.04 bits per heavy atom. The zero-order valence-corrected chi connectivity index (χ0v) is 17.2. The zero-order chi connectivity index (χ0) is 19.2. The van der Waals surface area contributed by atoms with Crippen LogP contribution in [-0.2, 0) is 6.54 Å². The highest BCUT2D eigenvalue weighted by atomic mass is 16.2. The van der Waals surface area contributed by atoms with Gasteiger partial charge in [0, 0.05) is 50.8 Å². The molecule has 0 atom stereocenters. The highest BCUT2D eigenvalue weighted by Crippen LogP contribution is 2.17. The molecule has 0 saturated carbocycles. The van der Waals surface area contributed by atoms with Gasteiger partial charge < -0.3 is 15.5 Å². The highest BCUT2D eigenvalue weighted by Gasteiger charge is 2.26. The number of carbonyl (C=O) groups is 1. The second kappa shape index (κ2) is 9.56. The first kappa shape index (κ1) is 20.2. The second-order valence-electron chi connectivity index (χ2n) is 8.51. The van der Waals surface area contributed by atoms with Crippen LogP contribution in [0.5, 0.6) is 0 Å². The molecule has 0 radical (unpaired) electrons. The van der Waals surface area contributed by atoms with Crippen LogP contribution in [0.25, 0.3) is 0 Å². The Morgan fingerprint density at radius 3 is 2.30 bits per heavy atom. The number of nitrogens with zero attached hydrogens (tertiary/aromatic N) is 2. The van der Waals surface area contributed by atoms with Gasteiger partial charge in [-0.05, 0) is 43.7 Å². The van der Waals surface area contributed by atoms with Crippen molar-refractivity contribution in [3.05, 3.63) is 35.4 Å². The van der Waals surface area contributed by atoms with Gasteiger partial charge in [-0.1, -0.05) is 38.1 Å². The molecule has 2 amide bonds. The van der Waals surface area contributed by atoms with Crippen LogP contribution in [0, 0.1) is 6.92 Å². The standard InChI is InChI=1S/C22H36N4O/c1-17(2)23-20-10-14-26(15-11-20)22(27)24-21-8-12-25(13-9-21)16-19-7-5-4-6-18(19)3/h4-7,17,20-21,23H,8-16H2,1-3H3,(H,24,27). The molecule has 2 aliphatic heterocycles. The van der Waals surface area contributed by atoms with Crippen molar-refractivity contribution in [1.82, 2.24) is 20.4 Å². The molecule has 1 aromatic rings. The molecule has 3 rings (SSSR count). The summed E-state index contributed by atoms with van der Waals surface area (Å²) >= 11 is 0. The smallest absolute Gasteiger partial charge is 0.317 e. The molecule has 150 valence electrons. The van der Waals surface area contributed by atoms with E-state index in [1.165, 1.54) is 11.1 Å². The lowest BCUT2D eigenvalue weighted by Crippen LogP contribution is -2.53. The molecule has 0 aromatic heterocycles. The number of nitrogens with one attached hydrogen (secondary N) is 2. The largest absolute Gasteiger partial charge is 0.335 e. The number of urea groups is 1. The van der Waals surface area contributed by atoms with E-state index in [1.54, 1.807) is 0 Å². The summed E-state index contributed by atoms with van der Waals surface area (Å²) in [7, 11) is 0. The Hall–Kier alpha value is -1.59. The van der Waals surface area contributed by atoms with E-state index in [2.05, 4.69) is 60.6 Å². The van der Waals surface area contributed by atoms with Crippen molar-refractivity contribution in [1.29, 1.82) is 0 Å². The van der Waals surface area contributed by atoms with Gasteiger partial charge in [0.1, 0.15) is 0 Å². The maximum atomic E-state index is 12.6. The minimum atomic E-state index is 0.135. The summed E-state index contributed by atoms with van der Waals surface area (Å²) in [6.07, 6.45) is 4.20. The highest BCUT2D eigenvalue weighted by molar-refractivity contribution is 5.74. The van der Waals surface area contributed by atoms with E-state index in [4.69, 9.17) is 0 Å². The van der Waals surface area contributed by atoms with Crippen LogP contribution in [0.15, 0.2) is 24.3 Å². The van der Waals surface area contributed by atoms with E-state index < -0.39 is 0 Å². The molecular formula is C22H36N4O. The molecule has 2 N–H and O–H groups in total. The number of piperidine rings is 2. The maximum absolute atomic E-state index is 12.6. The topological polar surface area (TPSA) is 47.6 Å². The van der Waals surface area contributed by atoms with Gasteiger partial charge in [0.15, 0.2) is 0 Å². The molecule has 0 aliphatic carbocycles. The summed E-state index contributed by atoms with van der Waals surface area (Å²) < 4.78 is 0. The van der Waals surface area contributed by atoms with Gasteiger partial charge in [0.2, 0.25) is 0 Å². The van der Waals surface area contributed by atoms with E-state index in [1.807, 2.05) is 4.90 Å². The lowest BCUT2D eigenvalue weighted by atomic mass is 10.0. The second-order valence-corrected chi connectivity index (χ2v) is 8.51. The molecule has 2 fully saturated rings. The van der Waals surface area contributed by atoms with Crippen molar-refractivity contribution in [2.45, 2.75) is 71.1 Å². The fourth-order valence-electron chi connectivity index (χ4n) is 4.25. The molecule has 0 unspecified atom stereocenters. The molecule has 2 heterocycles. The molecular weight excluding hydrogens is 336 g/mol. The third kappa shape index (κ3) is 5.94. The quantitative estimate of drug-likeness (QED) is 0.835. The van der Waals surface area contributed by atoms with Crippen molar-refractivity contribution in [3.8, 4) is 0 Å². The first-order valence-corrected chi connectivity index (χ1v) is 10.6. The van der Waals surface area contributed by atoms with E-state index in [-0.39, 0.29) is 6.03 Å². The van der Waals surface area contributed by atoms with Gasteiger partial charge in [-0.15, -0.1) is 0 Å². The van der Waals surface area contributed by atoms with Gasteiger partial charge >= 0.3 is 6.03 Å². The Kier molecular flexibility index (Phi) is 7.13. The third-order valence-electron chi connectivity index (χ3n) is 5.92. The fourth-order valence-corrected chi connectivity index (χ4v) is 4.25. The number of hydrogen-bond donors (Lipinski definition) is 2. The summed E-state index contributed by atoms with van der Waals surface area (Å²) in [5.41, 5.74) is 2.78. The Bertz CT molecular complexity index is 602. The third-order valence-corrected chi connectivity index (χ3v) is 5.92. The van der Waals surface area contributed by atoms with E-state index in [0.29, 0.717) is 18.1 Å². The van der Waals surface area contributed by atoms with Crippen molar-refractivity contribution in [2.24, 2.45) is 0 Å². The maximum Gasteiger partial charge on any atom is 0.317 e. The van der Waals surface area contributed by atoms with Crippen molar-refractivity contribution < 1.29 is 4.79 Å². The Balaban J connectivity index is 1.38. The molecule has 0 spiro atoms. The Labute approximate surface area is 164 Å². The van der Waals surface area contributed by atoms with Gasteiger partial charge in [0.25, 0.3) is 0 Å². The van der Waals surface area contributed by atoms with Gasteiger partial charge in [0.05, 0.1) is 0 Å². The van der Waals surface area contributed by atoms with Gasteiger partial charge in [-0.3, -0.25) is 4.90 Å².